The number of ether oxygens (including phenoxy) is 4. The molecule has 0 unspecified atom stereocenters. The molecule has 0 radical (unpaired) electrons. The average Bonchev–Trinajstić information content (AvgIpc) is 3.12. The van der Waals surface area contributed by atoms with Gasteiger partial charge in [0.05, 0.1) is 29.4 Å². The summed E-state index contributed by atoms with van der Waals surface area (Å²) in [5, 5.41) is 13.8. The van der Waals surface area contributed by atoms with Gasteiger partial charge in [-0.25, -0.2) is 9.59 Å². The van der Waals surface area contributed by atoms with Crippen LogP contribution in [0, 0.1) is 5.92 Å². The topological polar surface area (TPSA) is 120 Å². The van der Waals surface area contributed by atoms with Gasteiger partial charge in [0.1, 0.15) is 6.10 Å². The number of carbonyl (C=O) groups is 3. The fourth-order valence-corrected chi connectivity index (χ4v) is 5.23. The van der Waals surface area contributed by atoms with Crippen LogP contribution in [0.5, 0.6) is 0 Å². The Bertz CT molecular complexity index is 1010. The van der Waals surface area contributed by atoms with Crippen LogP contribution in [0.3, 0.4) is 0 Å². The van der Waals surface area contributed by atoms with Gasteiger partial charge in [-0.15, -0.1) is 0 Å². The molecular formula is C23H26Cl3NO8. The largest absolute Gasteiger partial charge is 0.456 e. The summed E-state index contributed by atoms with van der Waals surface area (Å²) in [6.45, 7) is 5.05. The smallest absolute Gasteiger partial charge is 0.350 e. The van der Waals surface area contributed by atoms with Crippen LogP contribution in [0.4, 0.5) is 0 Å². The lowest BCUT2D eigenvalue weighted by Gasteiger charge is -2.57. The average molecular weight is 551 g/mol. The van der Waals surface area contributed by atoms with E-state index in [4.69, 9.17) is 53.8 Å². The molecule has 9 nitrogen and oxygen atoms in total. The van der Waals surface area contributed by atoms with Crippen molar-refractivity contribution in [3.05, 3.63) is 35.9 Å². The Morgan fingerprint density at radius 1 is 1.14 bits per heavy atom. The van der Waals surface area contributed by atoms with Crippen molar-refractivity contribution in [2.24, 2.45) is 5.92 Å². The molecule has 6 atom stereocenters. The lowest BCUT2D eigenvalue weighted by molar-refractivity contribution is -0.234. The summed E-state index contributed by atoms with van der Waals surface area (Å²) in [4.78, 5) is 39.2. The summed E-state index contributed by atoms with van der Waals surface area (Å²) in [6, 6.07) is 8.03. The van der Waals surface area contributed by atoms with Crippen LogP contribution < -0.4 is 5.32 Å². The third-order valence-electron chi connectivity index (χ3n) is 6.77. The predicted molar refractivity (Wildman–Crippen MR) is 125 cm³/mol. The van der Waals surface area contributed by atoms with Gasteiger partial charge in [0.25, 0.3) is 9.70 Å². The summed E-state index contributed by atoms with van der Waals surface area (Å²) in [7, 11) is 0. The molecule has 2 saturated heterocycles. The van der Waals surface area contributed by atoms with Gasteiger partial charge in [-0.3, -0.25) is 4.79 Å². The number of rotatable bonds is 4. The monoisotopic (exact) mass is 549 g/mol. The third kappa shape index (κ3) is 5.12. The van der Waals surface area contributed by atoms with Crippen molar-refractivity contribution >= 4 is 52.6 Å². The molecule has 35 heavy (non-hydrogen) atoms. The van der Waals surface area contributed by atoms with E-state index in [0.29, 0.717) is 0 Å². The zero-order valence-electron chi connectivity index (χ0n) is 19.3. The van der Waals surface area contributed by atoms with Crippen molar-refractivity contribution in [3.63, 3.8) is 0 Å². The van der Waals surface area contributed by atoms with Gasteiger partial charge >= 0.3 is 11.9 Å². The maximum Gasteiger partial charge on any atom is 0.350 e. The number of nitrogens with one attached hydrogen (secondary N) is 1. The van der Waals surface area contributed by atoms with E-state index in [1.165, 1.54) is 19.1 Å². The molecule has 1 aromatic carbocycles. The number of esters is 2. The normalized spacial score (nSPS) is 36.3. The predicted octanol–water partition coefficient (Wildman–Crippen LogP) is 2.68. The zero-order valence-corrected chi connectivity index (χ0v) is 21.5. The van der Waals surface area contributed by atoms with Gasteiger partial charge in [0, 0.05) is 12.3 Å². The number of fused-ring (bicyclic) bond motifs is 2. The number of hydrogen-bond acceptors (Lipinski definition) is 8. The third-order valence-corrected chi connectivity index (χ3v) is 7.28. The highest BCUT2D eigenvalue weighted by atomic mass is 35.6. The first kappa shape index (κ1) is 26.4. The first-order valence-corrected chi connectivity index (χ1v) is 12.2. The van der Waals surface area contributed by atoms with Crippen LogP contribution in [-0.4, -0.2) is 68.6 Å². The Hall–Kier alpha value is -1.62. The Balaban J connectivity index is 1.80. The van der Waals surface area contributed by atoms with E-state index in [1.54, 1.807) is 32.0 Å². The van der Waals surface area contributed by atoms with E-state index in [-0.39, 0.29) is 25.0 Å². The standard InChI is InChI=1S/C23H26Cl3NO8/c1-20(2)32-11-14(35-20)13-9-21(3,31)15-10-22(13,27-19(30)23(24,25)26)16(18(29)33-15)34-17(28)12-7-5-4-6-8-12/h4-8,13-16,31H,9-11H2,1-3H3,(H,27,30)/t13-,14-,15+,16+,21+,22+/m1/s1. The molecule has 1 aliphatic carbocycles. The minimum atomic E-state index is -2.38. The van der Waals surface area contributed by atoms with Crippen molar-refractivity contribution in [2.75, 3.05) is 6.61 Å². The number of halogens is 3. The molecule has 0 aromatic heterocycles. The van der Waals surface area contributed by atoms with Gasteiger partial charge in [0.2, 0.25) is 6.10 Å². The van der Waals surface area contributed by atoms with Crippen molar-refractivity contribution in [1.82, 2.24) is 5.32 Å². The molecule has 3 aliphatic rings. The van der Waals surface area contributed by atoms with Crippen LogP contribution in [-0.2, 0) is 28.5 Å². The molecule has 0 spiro atoms. The molecule has 2 bridgehead atoms. The van der Waals surface area contributed by atoms with Crippen molar-refractivity contribution in [3.8, 4) is 0 Å². The van der Waals surface area contributed by atoms with Crippen LogP contribution in [0.1, 0.15) is 44.0 Å². The molecule has 3 fully saturated rings. The number of alkyl halides is 3. The van der Waals surface area contributed by atoms with Gasteiger partial charge in [-0.2, -0.15) is 0 Å². The van der Waals surface area contributed by atoms with E-state index >= 15 is 0 Å². The maximum atomic E-state index is 13.3. The van der Waals surface area contributed by atoms with Crippen molar-refractivity contribution < 1.29 is 38.4 Å². The summed E-state index contributed by atoms with van der Waals surface area (Å²) in [5.41, 5.74) is -2.91. The molecule has 2 aliphatic heterocycles. The second kappa shape index (κ2) is 9.04. The Labute approximate surface area is 217 Å². The molecule has 2 N–H and O–H groups in total. The van der Waals surface area contributed by atoms with Gasteiger partial charge in [0.15, 0.2) is 5.79 Å². The summed E-state index contributed by atoms with van der Waals surface area (Å²) in [5.74, 6) is -4.53. The number of amides is 1. The highest BCUT2D eigenvalue weighted by Gasteiger charge is 2.67. The minimum Gasteiger partial charge on any atom is -0.456 e. The quantitative estimate of drug-likeness (QED) is 0.434. The molecule has 2 heterocycles. The molecule has 1 amide bonds. The van der Waals surface area contributed by atoms with Crippen LogP contribution in [0.15, 0.2) is 30.3 Å². The first-order valence-electron chi connectivity index (χ1n) is 11.0. The maximum absolute atomic E-state index is 13.3. The molecular weight excluding hydrogens is 525 g/mol. The highest BCUT2D eigenvalue weighted by molar-refractivity contribution is 6.76. The summed E-state index contributed by atoms with van der Waals surface area (Å²) in [6.07, 6.45) is -3.44. The molecule has 192 valence electrons. The highest BCUT2D eigenvalue weighted by Crippen LogP contribution is 2.51. The fraction of sp³-hybridized carbons (Fsp3) is 0.609. The van der Waals surface area contributed by atoms with Crippen LogP contribution in [0.25, 0.3) is 0 Å². The van der Waals surface area contributed by atoms with E-state index in [2.05, 4.69) is 5.32 Å². The van der Waals surface area contributed by atoms with Crippen LogP contribution >= 0.6 is 34.8 Å². The summed E-state index contributed by atoms with van der Waals surface area (Å²) < 4.78 is 20.6. The zero-order chi connectivity index (χ0) is 25.8. The van der Waals surface area contributed by atoms with Gasteiger partial charge < -0.3 is 29.4 Å². The van der Waals surface area contributed by atoms with E-state index in [9.17, 15) is 19.5 Å². The van der Waals surface area contributed by atoms with Gasteiger partial charge in [-0.05, 0) is 39.3 Å². The van der Waals surface area contributed by atoms with Crippen molar-refractivity contribution in [2.45, 2.75) is 72.6 Å². The van der Waals surface area contributed by atoms with Gasteiger partial charge in [-0.1, -0.05) is 53.0 Å². The SMILES string of the molecule is CC1(C)OC[C@H]([C@H]2C[C@](C)(O)[C@@H]3C[C@@]2(NC(=O)C(Cl)(Cl)Cl)[C@@H](OC(=O)c2ccccc2)C(=O)O3)O1. The second-order valence-corrected chi connectivity index (χ2v) is 12.1. The Morgan fingerprint density at radius 2 is 1.80 bits per heavy atom. The van der Waals surface area contributed by atoms with Crippen molar-refractivity contribution in [1.29, 1.82) is 0 Å². The second-order valence-electron chi connectivity index (χ2n) is 9.81. The first-order chi connectivity index (χ1) is 16.1. The Morgan fingerprint density at radius 3 is 2.37 bits per heavy atom. The lowest BCUT2D eigenvalue weighted by Crippen LogP contribution is -2.77. The Kier molecular flexibility index (Phi) is 6.83. The number of aliphatic hydroxyl groups is 1. The molecule has 4 rings (SSSR count). The molecule has 1 saturated carbocycles. The fourth-order valence-electron chi connectivity index (χ4n) is 5.09. The van der Waals surface area contributed by atoms with E-state index in [1.807, 2.05) is 0 Å². The van der Waals surface area contributed by atoms with Crippen LogP contribution in [0.2, 0.25) is 0 Å². The van der Waals surface area contributed by atoms with E-state index in [0.717, 1.165) is 0 Å². The summed E-state index contributed by atoms with van der Waals surface area (Å²) >= 11 is 17.6. The van der Waals surface area contributed by atoms with E-state index < -0.39 is 62.8 Å². The number of hydrogen-bond donors (Lipinski definition) is 2. The number of benzene rings is 1. The lowest BCUT2D eigenvalue weighted by atomic mass is 9.60. The number of carbonyl (C=O) groups excluding carboxylic acids is 3. The molecule has 1 aromatic rings. The minimum absolute atomic E-state index is 0.00851. The molecule has 12 heteroatoms.